The predicted molar refractivity (Wildman–Crippen MR) is 47.5 cm³/mol. The molecule has 0 aliphatic carbocycles. The van der Waals surface area contributed by atoms with Crippen LogP contribution in [-0.4, -0.2) is 23.4 Å². The van der Waals surface area contributed by atoms with Gasteiger partial charge in [-0.25, -0.2) is 0 Å². The van der Waals surface area contributed by atoms with Gasteiger partial charge in [-0.3, -0.25) is 0 Å². The molecule has 0 aromatic heterocycles. The standard InChI is InChI=1S/C4H6O3S2.2H3N/c5-3(8)1-7-2-4(6)9;;/h1-2H2,(H,5,8)(H,6,9);2*1H3. The summed E-state index contributed by atoms with van der Waals surface area (Å²) in [6, 6.07) is 0. The number of hydrogen-bond acceptors (Lipinski definition) is 5. The van der Waals surface area contributed by atoms with Gasteiger partial charge < -0.3 is 51.9 Å². The Labute approximate surface area is 75.9 Å². The van der Waals surface area contributed by atoms with Crippen LogP contribution in [0.5, 0.6) is 0 Å². The van der Waals surface area contributed by atoms with E-state index in [2.05, 4.69) is 30.0 Å². The average Bonchev–Trinajstić information content (AvgIpc) is 1.63. The number of quaternary nitrogens is 2. The Morgan fingerprint density at radius 3 is 1.45 bits per heavy atom. The van der Waals surface area contributed by atoms with Gasteiger partial charge in [-0.15, -0.1) is 0 Å². The highest BCUT2D eigenvalue weighted by Crippen LogP contribution is 1.75. The molecule has 0 amide bonds. The van der Waals surface area contributed by atoms with E-state index in [1.165, 1.54) is 0 Å². The summed E-state index contributed by atoms with van der Waals surface area (Å²) in [5, 5.41) is -1.04. The Balaban J connectivity index is -0.000000320. The topological polar surface area (TPSA) is 116 Å². The van der Waals surface area contributed by atoms with Crippen molar-refractivity contribution in [1.82, 2.24) is 12.3 Å². The van der Waals surface area contributed by atoms with Gasteiger partial charge in [0.25, 0.3) is 0 Å². The SMILES string of the molecule is O=C([S-])COCC(=O)[S-].[NH4+].[NH4+]. The minimum Gasteiger partial charge on any atom is -0.740 e. The van der Waals surface area contributed by atoms with Crippen LogP contribution < -0.4 is 12.3 Å². The lowest BCUT2D eigenvalue weighted by Gasteiger charge is -2.06. The maximum Gasteiger partial charge on any atom is 0.0838 e. The summed E-state index contributed by atoms with van der Waals surface area (Å²) in [7, 11) is 0. The molecule has 68 valence electrons. The smallest absolute Gasteiger partial charge is 0.0838 e. The van der Waals surface area contributed by atoms with Gasteiger partial charge in [0.05, 0.1) is 13.2 Å². The number of hydrogen-bond donors (Lipinski definition) is 2. The monoisotopic (exact) mass is 200 g/mol. The normalized spacial score (nSPS) is 7.27. The Kier molecular flexibility index (Phi) is 14.9. The summed E-state index contributed by atoms with van der Waals surface area (Å²) >= 11 is 8.24. The van der Waals surface area contributed by atoms with Gasteiger partial charge in [0.2, 0.25) is 0 Å². The summed E-state index contributed by atoms with van der Waals surface area (Å²) in [5.74, 6) is 0. The van der Waals surface area contributed by atoms with Crippen LogP contribution in [0.2, 0.25) is 0 Å². The van der Waals surface area contributed by atoms with Crippen LogP contribution in [0.15, 0.2) is 0 Å². The Bertz CT molecular complexity index is 117. The van der Waals surface area contributed by atoms with Crippen LogP contribution in [-0.2, 0) is 39.6 Å². The summed E-state index contributed by atoms with van der Waals surface area (Å²) in [6.07, 6.45) is 0. The zero-order valence-electron chi connectivity index (χ0n) is 6.46. The molecule has 11 heavy (non-hydrogen) atoms. The highest BCUT2D eigenvalue weighted by Gasteiger charge is 1.84. The lowest BCUT2D eigenvalue weighted by molar-refractivity contribution is -0.119. The van der Waals surface area contributed by atoms with Crippen LogP contribution >= 0.6 is 0 Å². The molecule has 0 saturated carbocycles. The first kappa shape index (κ1) is 17.0. The molecule has 0 fully saturated rings. The van der Waals surface area contributed by atoms with Crippen molar-refractivity contribution in [3.63, 3.8) is 0 Å². The molecule has 0 unspecified atom stereocenters. The molecular weight excluding hydrogens is 188 g/mol. The minimum absolute atomic E-state index is 0. The molecule has 0 rings (SSSR count). The number of carbonyl (C=O) groups is 2. The molecule has 0 heterocycles. The first-order valence-corrected chi connectivity index (χ1v) is 2.92. The lowest BCUT2D eigenvalue weighted by atomic mass is 10.7. The highest BCUT2D eigenvalue weighted by molar-refractivity contribution is 7.77. The van der Waals surface area contributed by atoms with E-state index in [9.17, 15) is 9.59 Å². The number of rotatable bonds is 4. The highest BCUT2D eigenvalue weighted by atomic mass is 32.1. The van der Waals surface area contributed by atoms with Crippen molar-refractivity contribution in [1.29, 1.82) is 0 Å². The van der Waals surface area contributed by atoms with Crippen LogP contribution in [0.4, 0.5) is 0 Å². The molecule has 0 aromatic rings. The fraction of sp³-hybridized carbons (Fsp3) is 0.500. The summed E-state index contributed by atoms with van der Waals surface area (Å²) in [5.41, 5.74) is 0. The lowest BCUT2D eigenvalue weighted by Crippen LogP contribution is -2.10. The second-order valence-corrected chi connectivity index (χ2v) is 2.15. The number of carbonyl (C=O) groups excluding carboxylic acids is 2. The molecule has 0 saturated heterocycles. The first-order chi connectivity index (χ1) is 4.13. The van der Waals surface area contributed by atoms with Crippen LogP contribution in [0, 0.1) is 0 Å². The van der Waals surface area contributed by atoms with E-state index in [1.54, 1.807) is 0 Å². The van der Waals surface area contributed by atoms with Gasteiger partial charge >= 0.3 is 0 Å². The molecule has 0 bridgehead atoms. The third kappa shape index (κ3) is 17.7. The Morgan fingerprint density at radius 2 is 1.27 bits per heavy atom. The van der Waals surface area contributed by atoms with Crippen LogP contribution in [0.25, 0.3) is 0 Å². The Morgan fingerprint density at radius 1 is 1.00 bits per heavy atom. The molecule has 0 spiro atoms. The second-order valence-electron chi connectivity index (χ2n) is 1.24. The molecule has 5 nitrogen and oxygen atoms in total. The van der Waals surface area contributed by atoms with Gasteiger partial charge in [0.15, 0.2) is 0 Å². The van der Waals surface area contributed by atoms with Gasteiger partial charge in [0.1, 0.15) is 0 Å². The largest absolute Gasteiger partial charge is 0.740 e. The van der Waals surface area contributed by atoms with Gasteiger partial charge in [-0.1, -0.05) is 0 Å². The number of ether oxygens (including phenoxy) is 1. The van der Waals surface area contributed by atoms with Crippen molar-refractivity contribution < 1.29 is 14.3 Å². The van der Waals surface area contributed by atoms with E-state index < -0.39 is 10.2 Å². The predicted octanol–water partition coefficient (Wildman–Crippen LogP) is -0.0976. The molecule has 8 N–H and O–H groups in total. The third-order valence-corrected chi connectivity index (χ3v) is 0.676. The summed E-state index contributed by atoms with van der Waals surface area (Å²) < 4.78 is 4.45. The van der Waals surface area contributed by atoms with Crippen molar-refractivity contribution in [3.05, 3.63) is 0 Å². The molecule has 0 aromatic carbocycles. The Hall–Kier alpha value is -0.340. The summed E-state index contributed by atoms with van der Waals surface area (Å²) in [6.45, 7) is -0.421. The van der Waals surface area contributed by atoms with E-state index in [1.807, 2.05) is 0 Å². The molecule has 0 atom stereocenters. The zero-order valence-corrected chi connectivity index (χ0v) is 8.09. The summed E-state index contributed by atoms with van der Waals surface area (Å²) in [4.78, 5) is 19.9. The zero-order chi connectivity index (χ0) is 7.28. The fourth-order valence-corrected chi connectivity index (χ4v) is 0.384. The van der Waals surface area contributed by atoms with E-state index >= 15 is 0 Å². The van der Waals surface area contributed by atoms with Gasteiger partial charge in [-0.05, 0) is 0 Å². The van der Waals surface area contributed by atoms with Gasteiger partial charge in [-0.2, -0.15) is 0 Å². The molecule has 0 radical (unpaired) electrons. The molecule has 0 aliphatic rings. The van der Waals surface area contributed by atoms with Crippen molar-refractivity contribution in [2.75, 3.05) is 13.2 Å². The van der Waals surface area contributed by atoms with Gasteiger partial charge in [0, 0.05) is 10.2 Å². The van der Waals surface area contributed by atoms with Crippen molar-refractivity contribution in [2.24, 2.45) is 0 Å². The van der Waals surface area contributed by atoms with Crippen molar-refractivity contribution in [2.45, 2.75) is 0 Å². The fourth-order valence-electron chi connectivity index (χ4n) is 0.218. The quantitative estimate of drug-likeness (QED) is 0.615. The molecule has 7 heteroatoms. The first-order valence-electron chi connectivity index (χ1n) is 2.10. The van der Waals surface area contributed by atoms with E-state index in [0.717, 1.165) is 0 Å². The minimum atomic E-state index is -0.522. The maximum atomic E-state index is 9.97. The molecular formula is C4H12N2O3S2. The second kappa shape index (κ2) is 9.66. The van der Waals surface area contributed by atoms with Crippen LogP contribution in [0.1, 0.15) is 0 Å². The van der Waals surface area contributed by atoms with Crippen molar-refractivity contribution in [3.8, 4) is 0 Å². The van der Waals surface area contributed by atoms with Crippen LogP contribution in [0.3, 0.4) is 0 Å². The van der Waals surface area contributed by atoms with E-state index in [-0.39, 0.29) is 25.5 Å². The van der Waals surface area contributed by atoms with E-state index in [4.69, 9.17) is 0 Å². The van der Waals surface area contributed by atoms with Crippen molar-refractivity contribution >= 4 is 35.5 Å². The molecule has 0 aliphatic heterocycles. The third-order valence-electron chi connectivity index (χ3n) is 0.440. The van der Waals surface area contributed by atoms with E-state index in [0.29, 0.717) is 0 Å². The average molecular weight is 200 g/mol. The maximum absolute atomic E-state index is 9.97.